The van der Waals surface area contributed by atoms with Crippen molar-refractivity contribution in [3.8, 4) is 11.1 Å². The van der Waals surface area contributed by atoms with E-state index in [-0.39, 0.29) is 12.0 Å². The number of rotatable bonds is 3. The lowest BCUT2D eigenvalue weighted by molar-refractivity contribution is 0.670. The molecule has 8 aromatic rings. The highest BCUT2D eigenvalue weighted by molar-refractivity contribution is 6.13. The lowest BCUT2D eigenvalue weighted by atomic mass is 9.86. The molecule has 3 heteroatoms. The van der Waals surface area contributed by atoms with Crippen molar-refractivity contribution in [3.63, 3.8) is 0 Å². The monoisotopic (exact) mass is 590 g/mol. The van der Waals surface area contributed by atoms with Crippen molar-refractivity contribution in [3.05, 3.63) is 163 Å². The van der Waals surface area contributed by atoms with E-state index in [1.807, 2.05) is 6.07 Å². The Morgan fingerprint density at radius 2 is 1.33 bits per heavy atom. The van der Waals surface area contributed by atoms with Gasteiger partial charge in [0.15, 0.2) is 0 Å². The summed E-state index contributed by atoms with van der Waals surface area (Å²) in [5.41, 5.74) is 13.0. The van der Waals surface area contributed by atoms with E-state index in [1.165, 1.54) is 55.4 Å². The summed E-state index contributed by atoms with van der Waals surface area (Å²) in [6.07, 6.45) is 7.20. The summed E-state index contributed by atoms with van der Waals surface area (Å²) in [5.74, 6) is 0.288. The minimum absolute atomic E-state index is 0.258. The minimum atomic E-state index is 0.258. The van der Waals surface area contributed by atoms with Crippen molar-refractivity contribution >= 4 is 60.7 Å². The van der Waals surface area contributed by atoms with Crippen molar-refractivity contribution in [2.24, 2.45) is 7.05 Å². The highest BCUT2D eigenvalue weighted by Crippen LogP contribution is 2.49. The molecule has 10 rings (SSSR count). The molecule has 0 spiro atoms. The molecule has 0 saturated carbocycles. The molecule has 0 radical (unpaired) electrons. The number of aryl methyl sites for hydroxylation is 1. The molecule has 2 unspecified atom stereocenters. The van der Waals surface area contributed by atoms with Gasteiger partial charge in [-0.25, -0.2) is 0 Å². The molecule has 0 saturated heterocycles. The van der Waals surface area contributed by atoms with Crippen LogP contribution in [0, 0.1) is 0 Å². The van der Waals surface area contributed by atoms with Crippen molar-refractivity contribution in [2.75, 3.05) is 4.90 Å². The molecule has 2 atom stereocenters. The van der Waals surface area contributed by atoms with Gasteiger partial charge in [0, 0.05) is 62.5 Å². The summed E-state index contributed by atoms with van der Waals surface area (Å²) >= 11 is 0. The Morgan fingerprint density at radius 1 is 0.609 bits per heavy atom. The van der Waals surface area contributed by atoms with Gasteiger partial charge in [0.25, 0.3) is 0 Å². The topological polar surface area (TPSA) is 21.3 Å². The van der Waals surface area contributed by atoms with Crippen LogP contribution in [0.3, 0.4) is 0 Å². The molecule has 6 aromatic carbocycles. The Balaban J connectivity index is 1.10. The van der Waals surface area contributed by atoms with E-state index in [9.17, 15) is 0 Å². The number of aromatic nitrogens is 1. The average molecular weight is 591 g/mol. The Hall–Kier alpha value is -5.80. The maximum atomic E-state index is 6.41. The quantitative estimate of drug-likeness (QED) is 0.204. The molecule has 0 bridgehead atoms. The van der Waals surface area contributed by atoms with Gasteiger partial charge < -0.3 is 13.9 Å². The lowest BCUT2D eigenvalue weighted by Crippen LogP contribution is -2.28. The fourth-order valence-electron chi connectivity index (χ4n) is 7.97. The summed E-state index contributed by atoms with van der Waals surface area (Å²) in [6, 6.07) is 48.4. The molecule has 2 aliphatic rings. The van der Waals surface area contributed by atoms with Crippen LogP contribution >= 0.6 is 0 Å². The molecular weight excluding hydrogens is 560 g/mol. The van der Waals surface area contributed by atoms with Gasteiger partial charge >= 0.3 is 0 Å². The zero-order valence-corrected chi connectivity index (χ0v) is 25.4. The number of furan rings is 1. The number of fused-ring (bicyclic) bond motifs is 9. The van der Waals surface area contributed by atoms with Crippen LogP contribution in [-0.2, 0) is 7.05 Å². The SMILES string of the molecule is Cn1c2ccc(C3=CC4c5ccccc5N(c5ccccc5)C4C=C3)cc2c2cc(-c3cccc4c3oc3ccccc34)ccc21. The first kappa shape index (κ1) is 25.5. The van der Waals surface area contributed by atoms with Crippen LogP contribution in [0.4, 0.5) is 11.4 Å². The first-order chi connectivity index (χ1) is 22.7. The minimum Gasteiger partial charge on any atom is -0.455 e. The Kier molecular flexibility index (Phi) is 5.32. The summed E-state index contributed by atoms with van der Waals surface area (Å²) < 4.78 is 8.72. The number of allylic oxidation sites excluding steroid dienone is 2. The molecule has 218 valence electrons. The Bertz CT molecular complexity index is 2560. The van der Waals surface area contributed by atoms with Gasteiger partial charge in [0.2, 0.25) is 0 Å². The maximum Gasteiger partial charge on any atom is 0.143 e. The maximum absolute atomic E-state index is 6.41. The first-order valence-corrected chi connectivity index (χ1v) is 16.0. The Labute approximate surface area is 266 Å². The van der Waals surface area contributed by atoms with Crippen molar-refractivity contribution in [1.82, 2.24) is 4.57 Å². The van der Waals surface area contributed by atoms with Crippen LogP contribution in [0.25, 0.3) is 60.4 Å². The number of hydrogen-bond acceptors (Lipinski definition) is 2. The summed E-state index contributed by atoms with van der Waals surface area (Å²) in [6.45, 7) is 0. The van der Waals surface area contributed by atoms with E-state index < -0.39 is 0 Å². The first-order valence-electron chi connectivity index (χ1n) is 16.0. The van der Waals surface area contributed by atoms with Crippen molar-refractivity contribution < 1.29 is 4.42 Å². The number of nitrogens with zero attached hydrogens (tertiary/aromatic N) is 2. The highest BCUT2D eigenvalue weighted by atomic mass is 16.3. The van der Waals surface area contributed by atoms with E-state index in [1.54, 1.807) is 0 Å². The zero-order chi connectivity index (χ0) is 30.4. The third kappa shape index (κ3) is 3.60. The number of para-hydroxylation sites is 4. The Morgan fingerprint density at radius 3 is 2.20 bits per heavy atom. The van der Waals surface area contributed by atoms with Gasteiger partial charge in [0.05, 0.1) is 6.04 Å². The van der Waals surface area contributed by atoms with Gasteiger partial charge in [-0.2, -0.15) is 0 Å². The molecule has 0 fully saturated rings. The van der Waals surface area contributed by atoms with Gasteiger partial charge in [-0.1, -0.05) is 103 Å². The third-order valence-electron chi connectivity index (χ3n) is 10.1. The van der Waals surface area contributed by atoms with Crippen molar-refractivity contribution in [1.29, 1.82) is 0 Å². The number of hydrogen-bond donors (Lipinski definition) is 0. The molecule has 0 amide bonds. The van der Waals surface area contributed by atoms with E-state index in [0.29, 0.717) is 0 Å². The normalized spacial score (nSPS) is 17.2. The van der Waals surface area contributed by atoms with Gasteiger partial charge in [-0.15, -0.1) is 0 Å². The molecule has 2 aromatic heterocycles. The third-order valence-corrected chi connectivity index (χ3v) is 10.1. The fraction of sp³-hybridized carbons (Fsp3) is 0.0698. The molecule has 1 aliphatic carbocycles. The van der Waals surface area contributed by atoms with Gasteiger partial charge in [-0.3, -0.25) is 0 Å². The van der Waals surface area contributed by atoms with E-state index in [2.05, 4.69) is 162 Å². The summed E-state index contributed by atoms with van der Waals surface area (Å²) in [7, 11) is 2.17. The smallest absolute Gasteiger partial charge is 0.143 e. The second kappa shape index (κ2) is 9.60. The van der Waals surface area contributed by atoms with Crippen LogP contribution in [0.5, 0.6) is 0 Å². The molecule has 3 heterocycles. The summed E-state index contributed by atoms with van der Waals surface area (Å²) in [4.78, 5) is 2.49. The molecular formula is C43H30N2O. The standard InChI is InChI=1S/C43H30N2O/c1-44-38-21-18-27(28-19-23-41-35(24-28)32-12-5-7-16-40(32)45(41)30-10-3-2-4-11-30)25-36(38)37-26-29(20-22-39(37)44)31-14-9-15-34-33-13-6-8-17-42(33)46-43(31)34/h2-26,35,41H,1H3. The van der Waals surface area contributed by atoms with E-state index in [0.717, 1.165) is 27.5 Å². The molecule has 3 nitrogen and oxygen atoms in total. The molecule has 46 heavy (non-hydrogen) atoms. The lowest BCUT2D eigenvalue weighted by Gasteiger charge is -2.29. The van der Waals surface area contributed by atoms with Crippen LogP contribution in [0.2, 0.25) is 0 Å². The summed E-state index contributed by atoms with van der Waals surface area (Å²) in [5, 5.41) is 4.83. The van der Waals surface area contributed by atoms with Crippen LogP contribution in [0.15, 0.2) is 156 Å². The van der Waals surface area contributed by atoms with Gasteiger partial charge in [-0.05, 0) is 70.8 Å². The molecule has 1 aliphatic heterocycles. The second-order valence-electron chi connectivity index (χ2n) is 12.6. The zero-order valence-electron chi connectivity index (χ0n) is 25.4. The number of benzene rings is 6. The van der Waals surface area contributed by atoms with E-state index >= 15 is 0 Å². The highest BCUT2D eigenvalue weighted by Gasteiger charge is 2.38. The molecule has 0 N–H and O–H groups in total. The van der Waals surface area contributed by atoms with Crippen LogP contribution in [0.1, 0.15) is 17.0 Å². The van der Waals surface area contributed by atoms with E-state index in [4.69, 9.17) is 4.42 Å². The largest absolute Gasteiger partial charge is 0.455 e. The predicted octanol–water partition coefficient (Wildman–Crippen LogP) is 11.2. The number of anilines is 2. The predicted molar refractivity (Wildman–Crippen MR) is 192 cm³/mol. The second-order valence-corrected chi connectivity index (χ2v) is 12.6. The fourth-order valence-corrected chi connectivity index (χ4v) is 7.97. The average Bonchev–Trinajstić information content (AvgIpc) is 3.75. The van der Waals surface area contributed by atoms with Crippen LogP contribution < -0.4 is 4.90 Å². The van der Waals surface area contributed by atoms with Crippen molar-refractivity contribution in [2.45, 2.75) is 12.0 Å². The van der Waals surface area contributed by atoms with Crippen LogP contribution in [-0.4, -0.2) is 10.6 Å². The van der Waals surface area contributed by atoms with Gasteiger partial charge in [0.1, 0.15) is 11.2 Å².